The summed E-state index contributed by atoms with van der Waals surface area (Å²) in [6, 6.07) is 0. The van der Waals surface area contributed by atoms with Gasteiger partial charge in [0.05, 0.1) is 0 Å². The van der Waals surface area contributed by atoms with Crippen LogP contribution in [0.25, 0.3) is 0 Å². The van der Waals surface area contributed by atoms with E-state index in [0.29, 0.717) is 25.5 Å². The summed E-state index contributed by atoms with van der Waals surface area (Å²) in [5.74, 6) is 0.223. The van der Waals surface area contributed by atoms with Gasteiger partial charge in [-0.15, -0.1) is 24.0 Å². The quantitative estimate of drug-likeness (QED) is 0.241. The Kier molecular flexibility index (Phi) is 12.5. The van der Waals surface area contributed by atoms with Crippen LogP contribution in [0, 0.1) is 0 Å². The second kappa shape index (κ2) is 11.7. The first-order chi connectivity index (χ1) is 10.0. The maximum atomic E-state index is 12.0. The van der Waals surface area contributed by atoms with E-state index in [0.717, 1.165) is 0 Å². The molecule has 138 valence electrons. The van der Waals surface area contributed by atoms with Gasteiger partial charge in [-0.25, -0.2) is 4.99 Å². The Balaban J connectivity index is 0. The molecule has 0 atom stereocenters. The van der Waals surface area contributed by atoms with Crippen LogP contribution in [0.4, 0.5) is 13.2 Å². The van der Waals surface area contributed by atoms with Gasteiger partial charge >= 0.3 is 6.18 Å². The summed E-state index contributed by atoms with van der Waals surface area (Å²) < 4.78 is 36.0. The van der Waals surface area contributed by atoms with Crippen molar-refractivity contribution in [1.29, 1.82) is 0 Å². The second-order valence-corrected chi connectivity index (χ2v) is 5.99. The highest BCUT2D eigenvalue weighted by Gasteiger charge is 2.25. The molecule has 0 radical (unpaired) electrons. The summed E-state index contributed by atoms with van der Waals surface area (Å²) in [7, 11) is 0. The van der Waals surface area contributed by atoms with E-state index >= 15 is 0 Å². The maximum absolute atomic E-state index is 12.0. The average Bonchev–Trinajstić information content (AvgIpc) is 2.31. The SMILES string of the molecule is CCNC(=NCC(=O)NC(C)(C)C)NCCCCC(F)(F)F.I. The number of hydrogen-bond donors (Lipinski definition) is 3. The molecule has 1 amide bonds. The number of nitrogens with zero attached hydrogens (tertiary/aromatic N) is 1. The van der Waals surface area contributed by atoms with Crippen LogP contribution in [-0.4, -0.2) is 43.2 Å². The highest BCUT2D eigenvalue weighted by atomic mass is 127. The van der Waals surface area contributed by atoms with Crippen molar-refractivity contribution >= 4 is 35.8 Å². The molecule has 0 bridgehead atoms. The van der Waals surface area contributed by atoms with Crippen LogP contribution in [0.3, 0.4) is 0 Å². The Bertz CT molecular complexity index is 368. The third-order valence-electron chi connectivity index (χ3n) is 2.42. The number of aliphatic imine (C=N–C) groups is 1. The van der Waals surface area contributed by atoms with Gasteiger partial charge in [0.15, 0.2) is 5.96 Å². The van der Waals surface area contributed by atoms with E-state index in [-0.39, 0.29) is 48.4 Å². The zero-order chi connectivity index (χ0) is 17.2. The van der Waals surface area contributed by atoms with Gasteiger partial charge in [0, 0.05) is 25.0 Å². The number of carbonyl (C=O) groups excluding carboxylic acids is 1. The fraction of sp³-hybridized carbons (Fsp3) is 0.857. The lowest BCUT2D eigenvalue weighted by Crippen LogP contribution is -2.43. The van der Waals surface area contributed by atoms with Gasteiger partial charge in [0.1, 0.15) is 6.54 Å². The molecular weight excluding hydrogens is 424 g/mol. The lowest BCUT2D eigenvalue weighted by atomic mass is 10.1. The number of guanidine groups is 1. The molecule has 0 aromatic heterocycles. The summed E-state index contributed by atoms with van der Waals surface area (Å²) in [5, 5.41) is 8.64. The summed E-state index contributed by atoms with van der Waals surface area (Å²) in [5.41, 5.74) is -0.323. The molecular formula is C14H28F3IN4O. The average molecular weight is 452 g/mol. The minimum Gasteiger partial charge on any atom is -0.357 e. The highest BCUT2D eigenvalue weighted by molar-refractivity contribution is 14.0. The minimum absolute atomic E-state index is 0. The number of hydrogen-bond acceptors (Lipinski definition) is 2. The van der Waals surface area contributed by atoms with Gasteiger partial charge in [-0.1, -0.05) is 0 Å². The van der Waals surface area contributed by atoms with Crippen LogP contribution >= 0.6 is 24.0 Å². The molecule has 0 saturated carbocycles. The number of alkyl halides is 3. The first kappa shape index (κ1) is 24.5. The second-order valence-electron chi connectivity index (χ2n) is 5.99. The van der Waals surface area contributed by atoms with E-state index in [1.165, 1.54) is 0 Å². The maximum Gasteiger partial charge on any atom is 0.389 e. The van der Waals surface area contributed by atoms with Crippen molar-refractivity contribution in [3.63, 3.8) is 0 Å². The molecule has 0 aliphatic carbocycles. The first-order valence-electron chi connectivity index (χ1n) is 7.43. The molecule has 0 fully saturated rings. The lowest BCUT2D eigenvalue weighted by Gasteiger charge is -2.20. The van der Waals surface area contributed by atoms with Crippen LogP contribution in [-0.2, 0) is 4.79 Å². The summed E-state index contributed by atoms with van der Waals surface area (Å²) >= 11 is 0. The Morgan fingerprint density at radius 1 is 1.09 bits per heavy atom. The molecule has 0 saturated heterocycles. The van der Waals surface area contributed by atoms with Crippen LogP contribution in [0.1, 0.15) is 47.0 Å². The molecule has 5 nitrogen and oxygen atoms in total. The largest absolute Gasteiger partial charge is 0.389 e. The van der Waals surface area contributed by atoms with Crippen molar-refractivity contribution in [2.24, 2.45) is 4.99 Å². The van der Waals surface area contributed by atoms with Crippen molar-refractivity contribution in [1.82, 2.24) is 16.0 Å². The van der Waals surface area contributed by atoms with E-state index < -0.39 is 12.6 Å². The van der Waals surface area contributed by atoms with Crippen molar-refractivity contribution in [3.8, 4) is 0 Å². The van der Waals surface area contributed by atoms with Crippen molar-refractivity contribution in [2.75, 3.05) is 19.6 Å². The molecule has 0 unspecified atom stereocenters. The van der Waals surface area contributed by atoms with Gasteiger partial charge in [-0.3, -0.25) is 4.79 Å². The van der Waals surface area contributed by atoms with Crippen molar-refractivity contribution < 1.29 is 18.0 Å². The fourth-order valence-electron chi connectivity index (χ4n) is 1.61. The van der Waals surface area contributed by atoms with Crippen molar-refractivity contribution in [3.05, 3.63) is 0 Å². The predicted octanol–water partition coefficient (Wildman–Crippen LogP) is 2.81. The smallest absolute Gasteiger partial charge is 0.357 e. The van der Waals surface area contributed by atoms with Crippen LogP contribution < -0.4 is 16.0 Å². The lowest BCUT2D eigenvalue weighted by molar-refractivity contribution is -0.135. The Labute approximate surface area is 153 Å². The van der Waals surface area contributed by atoms with Crippen LogP contribution in [0.15, 0.2) is 4.99 Å². The number of carbonyl (C=O) groups is 1. The molecule has 23 heavy (non-hydrogen) atoms. The Morgan fingerprint density at radius 3 is 2.17 bits per heavy atom. The molecule has 3 N–H and O–H groups in total. The normalized spacial score (nSPS) is 12.4. The number of amides is 1. The topological polar surface area (TPSA) is 65.5 Å². The van der Waals surface area contributed by atoms with E-state index in [9.17, 15) is 18.0 Å². The number of halogens is 4. The zero-order valence-corrected chi connectivity index (χ0v) is 16.5. The van der Waals surface area contributed by atoms with E-state index in [2.05, 4.69) is 20.9 Å². The number of unbranched alkanes of at least 4 members (excludes halogenated alkanes) is 1. The fourth-order valence-corrected chi connectivity index (χ4v) is 1.61. The minimum atomic E-state index is -4.11. The third-order valence-corrected chi connectivity index (χ3v) is 2.42. The highest BCUT2D eigenvalue weighted by Crippen LogP contribution is 2.21. The van der Waals surface area contributed by atoms with E-state index in [4.69, 9.17) is 0 Å². The molecule has 0 aliphatic heterocycles. The van der Waals surface area contributed by atoms with E-state index in [1.54, 1.807) is 0 Å². The molecule has 0 spiro atoms. The Hall–Kier alpha value is -0.740. The number of rotatable bonds is 7. The monoisotopic (exact) mass is 452 g/mol. The van der Waals surface area contributed by atoms with Gasteiger partial charge in [0.2, 0.25) is 5.91 Å². The molecule has 0 aromatic carbocycles. The van der Waals surface area contributed by atoms with Crippen molar-refractivity contribution in [2.45, 2.75) is 58.7 Å². The summed E-state index contributed by atoms with van der Waals surface area (Å²) in [6.07, 6.45) is -4.43. The zero-order valence-electron chi connectivity index (χ0n) is 14.1. The molecule has 0 aliphatic rings. The van der Waals surface area contributed by atoms with Gasteiger partial charge in [0.25, 0.3) is 0 Å². The third kappa shape index (κ3) is 17.4. The Morgan fingerprint density at radius 2 is 1.70 bits per heavy atom. The molecule has 0 heterocycles. The van der Waals surface area contributed by atoms with Gasteiger partial charge in [-0.2, -0.15) is 13.2 Å². The first-order valence-corrected chi connectivity index (χ1v) is 7.43. The van der Waals surface area contributed by atoms with Gasteiger partial charge < -0.3 is 16.0 Å². The van der Waals surface area contributed by atoms with Crippen LogP contribution in [0.2, 0.25) is 0 Å². The molecule has 9 heteroatoms. The summed E-state index contributed by atoms with van der Waals surface area (Å²) in [6.45, 7) is 8.44. The molecule has 0 rings (SSSR count). The van der Waals surface area contributed by atoms with Gasteiger partial charge in [-0.05, 0) is 40.5 Å². The standard InChI is InChI=1S/C14H27F3N4O.HI/c1-5-18-12(19-9-7-6-8-14(15,16)17)20-10-11(22)21-13(2,3)4;/h5-10H2,1-4H3,(H,21,22)(H2,18,19,20);1H. The molecule has 0 aromatic rings. The van der Waals surface area contributed by atoms with Crippen LogP contribution in [0.5, 0.6) is 0 Å². The number of nitrogens with one attached hydrogen (secondary N) is 3. The summed E-state index contributed by atoms with van der Waals surface area (Å²) in [4.78, 5) is 15.8. The predicted molar refractivity (Wildman–Crippen MR) is 97.2 cm³/mol. The van der Waals surface area contributed by atoms with E-state index in [1.807, 2.05) is 27.7 Å².